The van der Waals surface area contributed by atoms with Crippen LogP contribution >= 0.6 is 0 Å². The Morgan fingerprint density at radius 1 is 1.39 bits per heavy atom. The number of aliphatic carboxylic acids is 1. The van der Waals surface area contributed by atoms with Crippen LogP contribution in [0.1, 0.15) is 10.4 Å². The molecule has 8 nitrogen and oxygen atoms in total. The highest BCUT2D eigenvalue weighted by atomic mass is 16.6. The fraction of sp³-hybridized carbons (Fsp3) is 0.200. The number of aliphatic hydroxyl groups is 1. The number of nitrogens with zero attached hydrogens (tertiary/aromatic N) is 1. The van der Waals surface area contributed by atoms with Crippen LogP contribution in [0.2, 0.25) is 0 Å². The quantitative estimate of drug-likeness (QED) is 0.491. The van der Waals surface area contributed by atoms with Gasteiger partial charge in [0.2, 0.25) is 0 Å². The predicted molar refractivity (Wildman–Crippen MR) is 59.1 cm³/mol. The Morgan fingerprint density at radius 2 is 2.00 bits per heavy atom. The number of benzene rings is 1. The molecule has 0 bridgehead atoms. The van der Waals surface area contributed by atoms with Gasteiger partial charge in [0.25, 0.3) is 11.6 Å². The summed E-state index contributed by atoms with van der Waals surface area (Å²) in [5, 5.41) is 30.1. The van der Waals surface area contributed by atoms with E-state index in [1.807, 2.05) is 0 Å². The van der Waals surface area contributed by atoms with Gasteiger partial charge in [0.05, 0.1) is 11.5 Å². The lowest BCUT2D eigenvalue weighted by Crippen LogP contribution is -2.36. The Bertz CT molecular complexity index is 487. The van der Waals surface area contributed by atoms with Crippen molar-refractivity contribution < 1.29 is 24.7 Å². The first-order valence-electron chi connectivity index (χ1n) is 4.86. The third-order valence-corrected chi connectivity index (χ3v) is 2.09. The zero-order chi connectivity index (χ0) is 13.7. The van der Waals surface area contributed by atoms with Gasteiger partial charge >= 0.3 is 5.97 Å². The topological polar surface area (TPSA) is 130 Å². The number of rotatable bonds is 5. The van der Waals surface area contributed by atoms with Gasteiger partial charge < -0.3 is 15.5 Å². The summed E-state index contributed by atoms with van der Waals surface area (Å²) in [6.07, 6.45) is -1.75. The molecule has 0 saturated carbocycles. The van der Waals surface area contributed by atoms with Crippen LogP contribution in [0.3, 0.4) is 0 Å². The molecule has 0 heterocycles. The lowest BCUT2D eigenvalue weighted by Gasteiger charge is -2.07. The Hall–Kier alpha value is -2.48. The highest BCUT2D eigenvalue weighted by Gasteiger charge is 2.20. The number of hydrogen-bond donors (Lipinski definition) is 3. The molecule has 1 amide bonds. The predicted octanol–water partition coefficient (Wildman–Crippen LogP) is -0.230. The van der Waals surface area contributed by atoms with Gasteiger partial charge in [0.15, 0.2) is 6.10 Å². The monoisotopic (exact) mass is 254 g/mol. The van der Waals surface area contributed by atoms with Crippen LogP contribution in [0.5, 0.6) is 0 Å². The molecule has 0 aliphatic heterocycles. The summed E-state index contributed by atoms with van der Waals surface area (Å²) in [5.41, 5.74) is -0.583. The summed E-state index contributed by atoms with van der Waals surface area (Å²) in [4.78, 5) is 31.8. The number of carboxylic acid groups (broad SMARTS) is 1. The molecule has 0 aliphatic rings. The van der Waals surface area contributed by atoms with Crippen molar-refractivity contribution in [1.29, 1.82) is 0 Å². The van der Waals surface area contributed by atoms with E-state index in [4.69, 9.17) is 10.2 Å². The summed E-state index contributed by atoms with van der Waals surface area (Å²) in [6, 6.07) is 5.24. The maximum atomic E-state index is 11.6. The molecule has 0 radical (unpaired) electrons. The number of carboxylic acids is 1. The maximum Gasteiger partial charge on any atom is 0.334 e. The van der Waals surface area contributed by atoms with Crippen molar-refractivity contribution in [3.05, 3.63) is 39.9 Å². The summed E-state index contributed by atoms with van der Waals surface area (Å²) < 4.78 is 0. The number of amides is 1. The van der Waals surface area contributed by atoms with Crippen LogP contribution in [0, 0.1) is 10.1 Å². The SMILES string of the molecule is O=C(NC[C@H](O)C(=O)O)c1ccccc1[N+](=O)[O-]. The van der Waals surface area contributed by atoms with E-state index in [9.17, 15) is 19.7 Å². The summed E-state index contributed by atoms with van der Waals surface area (Å²) in [7, 11) is 0. The minimum atomic E-state index is -1.75. The van der Waals surface area contributed by atoms with Crippen molar-refractivity contribution >= 4 is 17.6 Å². The third-order valence-electron chi connectivity index (χ3n) is 2.09. The van der Waals surface area contributed by atoms with Crippen molar-refractivity contribution in [2.45, 2.75) is 6.10 Å². The van der Waals surface area contributed by atoms with Crippen molar-refractivity contribution in [3.8, 4) is 0 Å². The molecule has 96 valence electrons. The van der Waals surface area contributed by atoms with Crippen LogP contribution in [0.4, 0.5) is 5.69 Å². The zero-order valence-electron chi connectivity index (χ0n) is 9.07. The maximum absolute atomic E-state index is 11.6. The van der Waals surface area contributed by atoms with E-state index in [1.165, 1.54) is 18.2 Å². The second-order valence-electron chi connectivity index (χ2n) is 3.34. The molecule has 0 aliphatic carbocycles. The van der Waals surface area contributed by atoms with E-state index in [2.05, 4.69) is 5.32 Å². The Morgan fingerprint density at radius 3 is 2.56 bits per heavy atom. The average Bonchev–Trinajstić information content (AvgIpc) is 2.35. The average molecular weight is 254 g/mol. The summed E-state index contributed by atoms with van der Waals surface area (Å²) in [5.74, 6) is -2.31. The first-order chi connectivity index (χ1) is 8.43. The first-order valence-corrected chi connectivity index (χ1v) is 4.86. The zero-order valence-corrected chi connectivity index (χ0v) is 9.07. The van der Waals surface area contributed by atoms with Gasteiger partial charge in [-0.1, -0.05) is 12.1 Å². The first kappa shape index (κ1) is 13.6. The third kappa shape index (κ3) is 3.25. The largest absolute Gasteiger partial charge is 0.479 e. The fourth-order valence-corrected chi connectivity index (χ4v) is 1.20. The molecule has 3 N–H and O–H groups in total. The number of aliphatic hydroxyl groups excluding tert-OH is 1. The number of nitro groups is 1. The fourth-order valence-electron chi connectivity index (χ4n) is 1.20. The van der Waals surface area contributed by atoms with Crippen molar-refractivity contribution in [3.63, 3.8) is 0 Å². The highest BCUT2D eigenvalue weighted by molar-refractivity contribution is 5.98. The Balaban J connectivity index is 2.79. The molecule has 0 fully saturated rings. The van der Waals surface area contributed by atoms with Gasteiger partial charge in [-0.05, 0) is 6.07 Å². The molecule has 1 rings (SSSR count). The minimum Gasteiger partial charge on any atom is -0.479 e. The van der Waals surface area contributed by atoms with Crippen molar-refractivity contribution in [2.24, 2.45) is 0 Å². The second-order valence-corrected chi connectivity index (χ2v) is 3.34. The highest BCUT2D eigenvalue weighted by Crippen LogP contribution is 2.17. The van der Waals surface area contributed by atoms with Crippen molar-refractivity contribution in [2.75, 3.05) is 6.54 Å². The number of nitrogens with one attached hydrogen (secondary N) is 1. The van der Waals surface area contributed by atoms with E-state index >= 15 is 0 Å². The lowest BCUT2D eigenvalue weighted by molar-refractivity contribution is -0.385. The van der Waals surface area contributed by atoms with Gasteiger partial charge in [-0.2, -0.15) is 0 Å². The van der Waals surface area contributed by atoms with Crippen LogP contribution in [-0.4, -0.2) is 39.7 Å². The number of carbonyl (C=O) groups is 2. The number of para-hydroxylation sites is 1. The molecular weight excluding hydrogens is 244 g/mol. The molecule has 1 aromatic rings. The van der Waals surface area contributed by atoms with Crippen molar-refractivity contribution in [1.82, 2.24) is 5.32 Å². The molecule has 1 atom stereocenters. The molecular formula is C10H10N2O6. The standard InChI is InChI=1S/C10H10N2O6/c13-8(10(15)16)5-11-9(14)6-3-1-2-4-7(6)12(17)18/h1-4,8,13H,5H2,(H,11,14)(H,15,16)/t8-/m0/s1. The normalized spacial score (nSPS) is 11.6. The molecule has 0 aromatic heterocycles. The molecule has 18 heavy (non-hydrogen) atoms. The Labute approximate surface area is 101 Å². The van der Waals surface area contributed by atoms with Gasteiger partial charge in [-0.25, -0.2) is 4.79 Å². The van der Waals surface area contributed by atoms with E-state index in [1.54, 1.807) is 0 Å². The summed E-state index contributed by atoms with van der Waals surface area (Å²) in [6.45, 7) is -0.528. The lowest BCUT2D eigenvalue weighted by atomic mass is 10.1. The van der Waals surface area contributed by atoms with E-state index in [0.29, 0.717) is 0 Å². The molecule has 8 heteroatoms. The van der Waals surface area contributed by atoms with Crippen LogP contribution in [0.15, 0.2) is 24.3 Å². The number of hydrogen-bond acceptors (Lipinski definition) is 5. The van der Waals surface area contributed by atoms with Crippen LogP contribution in [0.25, 0.3) is 0 Å². The van der Waals surface area contributed by atoms with Crippen LogP contribution in [-0.2, 0) is 4.79 Å². The number of carbonyl (C=O) groups excluding carboxylic acids is 1. The van der Waals surface area contributed by atoms with E-state index in [-0.39, 0.29) is 11.3 Å². The van der Waals surface area contributed by atoms with Gasteiger partial charge in [-0.15, -0.1) is 0 Å². The number of nitro benzene ring substituents is 1. The molecule has 0 unspecified atom stereocenters. The van der Waals surface area contributed by atoms with Gasteiger partial charge in [0, 0.05) is 6.07 Å². The van der Waals surface area contributed by atoms with Gasteiger partial charge in [0.1, 0.15) is 5.56 Å². The van der Waals surface area contributed by atoms with Gasteiger partial charge in [-0.3, -0.25) is 14.9 Å². The smallest absolute Gasteiger partial charge is 0.334 e. The molecule has 1 aromatic carbocycles. The Kier molecular flexibility index (Phi) is 4.33. The molecule has 0 spiro atoms. The second kappa shape index (κ2) is 5.73. The van der Waals surface area contributed by atoms with E-state index in [0.717, 1.165) is 6.07 Å². The molecule has 0 saturated heterocycles. The summed E-state index contributed by atoms with van der Waals surface area (Å²) >= 11 is 0. The van der Waals surface area contributed by atoms with E-state index < -0.39 is 29.4 Å². The minimum absolute atomic E-state index is 0.194. The van der Waals surface area contributed by atoms with Crippen LogP contribution < -0.4 is 5.32 Å².